The molecule has 6 heteroatoms. The average molecular weight is 238 g/mol. The summed E-state index contributed by atoms with van der Waals surface area (Å²) in [6.07, 6.45) is 6.55. The summed E-state index contributed by atoms with van der Waals surface area (Å²) in [5.74, 6) is 1.40. The fourth-order valence-corrected chi connectivity index (χ4v) is 2.34. The molecule has 0 spiro atoms. The molecule has 0 saturated heterocycles. The van der Waals surface area contributed by atoms with Crippen molar-refractivity contribution in [1.29, 1.82) is 0 Å². The molecule has 5 nitrogen and oxygen atoms in total. The van der Waals surface area contributed by atoms with E-state index >= 15 is 0 Å². The third-order valence-electron chi connectivity index (χ3n) is 3.17. The highest BCUT2D eigenvalue weighted by atomic mass is 35.5. The van der Waals surface area contributed by atoms with Gasteiger partial charge in [-0.05, 0) is 19.3 Å². The Kier molecular flexibility index (Phi) is 2.21. The van der Waals surface area contributed by atoms with Crippen LogP contribution in [0.4, 0.5) is 5.82 Å². The maximum atomic E-state index is 6.00. The SMILES string of the molecule is ClCC1(Nc2ncnc3nc[nH]c23)CCC1. The van der Waals surface area contributed by atoms with Crippen LogP contribution in [-0.4, -0.2) is 31.4 Å². The summed E-state index contributed by atoms with van der Waals surface area (Å²) in [6.45, 7) is 0. The minimum atomic E-state index is 0.00789. The Morgan fingerprint density at radius 1 is 1.38 bits per heavy atom. The van der Waals surface area contributed by atoms with Crippen LogP contribution in [0.15, 0.2) is 12.7 Å². The van der Waals surface area contributed by atoms with Crippen LogP contribution < -0.4 is 5.32 Å². The number of H-pyrrole nitrogens is 1. The summed E-state index contributed by atoms with van der Waals surface area (Å²) >= 11 is 6.00. The van der Waals surface area contributed by atoms with Gasteiger partial charge in [0, 0.05) is 5.88 Å². The van der Waals surface area contributed by atoms with E-state index in [2.05, 4.69) is 25.3 Å². The second-order valence-corrected chi connectivity index (χ2v) is 4.48. The monoisotopic (exact) mass is 237 g/mol. The molecule has 16 heavy (non-hydrogen) atoms. The van der Waals surface area contributed by atoms with Crippen molar-refractivity contribution in [1.82, 2.24) is 19.9 Å². The molecule has 1 aliphatic carbocycles. The molecule has 0 radical (unpaired) electrons. The number of aromatic nitrogens is 4. The number of aromatic amines is 1. The number of rotatable bonds is 3. The molecule has 3 rings (SSSR count). The van der Waals surface area contributed by atoms with E-state index in [0.29, 0.717) is 11.5 Å². The van der Waals surface area contributed by atoms with Gasteiger partial charge in [0.15, 0.2) is 11.5 Å². The number of alkyl halides is 1. The van der Waals surface area contributed by atoms with Gasteiger partial charge in [0.1, 0.15) is 11.8 Å². The Bertz CT molecular complexity index is 499. The van der Waals surface area contributed by atoms with E-state index in [0.717, 1.165) is 24.2 Å². The molecule has 0 aromatic carbocycles. The van der Waals surface area contributed by atoms with Crippen molar-refractivity contribution in [2.45, 2.75) is 24.8 Å². The number of halogens is 1. The van der Waals surface area contributed by atoms with Crippen molar-refractivity contribution < 1.29 is 0 Å². The van der Waals surface area contributed by atoms with Crippen molar-refractivity contribution in [3.8, 4) is 0 Å². The van der Waals surface area contributed by atoms with Gasteiger partial charge >= 0.3 is 0 Å². The van der Waals surface area contributed by atoms with Gasteiger partial charge in [-0.25, -0.2) is 15.0 Å². The zero-order valence-corrected chi connectivity index (χ0v) is 9.46. The molecule has 1 saturated carbocycles. The second kappa shape index (κ2) is 3.59. The third-order valence-corrected chi connectivity index (χ3v) is 3.68. The van der Waals surface area contributed by atoms with Crippen LogP contribution in [-0.2, 0) is 0 Å². The zero-order valence-electron chi connectivity index (χ0n) is 8.70. The van der Waals surface area contributed by atoms with E-state index in [9.17, 15) is 0 Å². The van der Waals surface area contributed by atoms with Crippen molar-refractivity contribution in [3.05, 3.63) is 12.7 Å². The molecule has 1 fully saturated rings. The van der Waals surface area contributed by atoms with Crippen LogP contribution in [0, 0.1) is 0 Å². The summed E-state index contributed by atoms with van der Waals surface area (Å²) in [5, 5.41) is 3.42. The minimum Gasteiger partial charge on any atom is -0.362 e. The van der Waals surface area contributed by atoms with Gasteiger partial charge < -0.3 is 10.3 Å². The summed E-state index contributed by atoms with van der Waals surface area (Å²) in [7, 11) is 0. The topological polar surface area (TPSA) is 66.5 Å². The molecule has 2 heterocycles. The lowest BCUT2D eigenvalue weighted by molar-refractivity contribution is 0.310. The fraction of sp³-hybridized carbons (Fsp3) is 0.500. The van der Waals surface area contributed by atoms with Crippen LogP contribution in [0.3, 0.4) is 0 Å². The van der Waals surface area contributed by atoms with Gasteiger partial charge in [0.2, 0.25) is 0 Å². The Hall–Kier alpha value is -1.36. The van der Waals surface area contributed by atoms with Crippen LogP contribution in [0.2, 0.25) is 0 Å². The number of nitrogens with one attached hydrogen (secondary N) is 2. The van der Waals surface area contributed by atoms with E-state index in [-0.39, 0.29) is 5.54 Å². The van der Waals surface area contributed by atoms with Gasteiger partial charge in [-0.15, -0.1) is 11.6 Å². The van der Waals surface area contributed by atoms with Gasteiger partial charge in [0.25, 0.3) is 0 Å². The highest BCUT2D eigenvalue weighted by molar-refractivity contribution is 6.19. The van der Waals surface area contributed by atoms with Gasteiger partial charge in [-0.3, -0.25) is 0 Å². The molecular weight excluding hydrogens is 226 g/mol. The molecule has 0 atom stereocenters. The molecule has 0 amide bonds. The highest BCUT2D eigenvalue weighted by Crippen LogP contribution is 2.36. The lowest BCUT2D eigenvalue weighted by atomic mass is 9.78. The first-order valence-corrected chi connectivity index (χ1v) is 5.85. The summed E-state index contributed by atoms with van der Waals surface area (Å²) < 4.78 is 0. The Balaban J connectivity index is 1.96. The normalized spacial score (nSPS) is 18.3. The maximum absolute atomic E-state index is 6.00. The van der Waals surface area contributed by atoms with E-state index in [1.54, 1.807) is 6.33 Å². The first kappa shape index (κ1) is 9.84. The van der Waals surface area contributed by atoms with Crippen molar-refractivity contribution in [2.75, 3.05) is 11.2 Å². The zero-order chi connectivity index (χ0) is 11.0. The number of imidazole rings is 1. The molecule has 2 aromatic heterocycles. The Morgan fingerprint density at radius 2 is 2.25 bits per heavy atom. The van der Waals surface area contributed by atoms with Crippen LogP contribution in [0.5, 0.6) is 0 Å². The average Bonchev–Trinajstić information content (AvgIpc) is 2.72. The third kappa shape index (κ3) is 1.43. The first-order chi connectivity index (χ1) is 7.83. The maximum Gasteiger partial charge on any atom is 0.182 e. The van der Waals surface area contributed by atoms with Gasteiger partial charge in [0.05, 0.1) is 11.9 Å². The largest absolute Gasteiger partial charge is 0.362 e. The second-order valence-electron chi connectivity index (χ2n) is 4.22. The molecule has 0 unspecified atom stereocenters. The quantitative estimate of drug-likeness (QED) is 0.801. The predicted molar refractivity (Wildman–Crippen MR) is 62.6 cm³/mol. The number of hydrogen-bond donors (Lipinski definition) is 2. The van der Waals surface area contributed by atoms with E-state index in [1.165, 1.54) is 12.7 Å². The number of anilines is 1. The van der Waals surface area contributed by atoms with E-state index in [1.807, 2.05) is 0 Å². The Morgan fingerprint density at radius 3 is 2.94 bits per heavy atom. The number of nitrogens with zero attached hydrogens (tertiary/aromatic N) is 3. The number of fused-ring (bicyclic) bond motifs is 1. The standard InChI is InChI=1S/C10H12ClN5/c11-4-10(2-1-3-10)16-9-7-8(13-5-12-7)14-6-15-9/h5-6H,1-4H2,(H2,12,13,14,15,16). The molecule has 1 aliphatic rings. The Labute approximate surface area is 97.7 Å². The minimum absolute atomic E-state index is 0.00789. The van der Waals surface area contributed by atoms with Gasteiger partial charge in [-0.2, -0.15) is 0 Å². The lowest BCUT2D eigenvalue weighted by Gasteiger charge is -2.41. The molecular formula is C10H12ClN5. The molecule has 2 aromatic rings. The van der Waals surface area contributed by atoms with Crippen molar-refractivity contribution >= 4 is 28.6 Å². The predicted octanol–water partition coefficient (Wildman–Crippen LogP) is 1.93. The molecule has 0 bridgehead atoms. The van der Waals surface area contributed by atoms with E-state index < -0.39 is 0 Å². The van der Waals surface area contributed by atoms with Crippen molar-refractivity contribution in [3.63, 3.8) is 0 Å². The molecule has 2 N–H and O–H groups in total. The van der Waals surface area contributed by atoms with Crippen LogP contribution >= 0.6 is 11.6 Å². The first-order valence-electron chi connectivity index (χ1n) is 5.31. The number of hydrogen-bond acceptors (Lipinski definition) is 4. The van der Waals surface area contributed by atoms with E-state index in [4.69, 9.17) is 11.6 Å². The molecule has 0 aliphatic heterocycles. The van der Waals surface area contributed by atoms with Gasteiger partial charge in [-0.1, -0.05) is 0 Å². The summed E-state index contributed by atoms with van der Waals surface area (Å²) in [5.41, 5.74) is 1.54. The highest BCUT2D eigenvalue weighted by Gasteiger charge is 2.36. The smallest absolute Gasteiger partial charge is 0.182 e. The lowest BCUT2D eigenvalue weighted by Crippen LogP contribution is -2.47. The summed E-state index contributed by atoms with van der Waals surface area (Å²) in [6, 6.07) is 0. The summed E-state index contributed by atoms with van der Waals surface area (Å²) in [4.78, 5) is 15.5. The molecule has 84 valence electrons. The fourth-order valence-electron chi connectivity index (χ4n) is 2.01. The van der Waals surface area contributed by atoms with Crippen LogP contribution in [0.1, 0.15) is 19.3 Å². The van der Waals surface area contributed by atoms with Crippen molar-refractivity contribution in [2.24, 2.45) is 0 Å². The van der Waals surface area contributed by atoms with Crippen LogP contribution in [0.25, 0.3) is 11.2 Å².